The molecule has 5 heteroatoms. The smallest absolute Gasteiger partial charge is 0.223 e. The van der Waals surface area contributed by atoms with Crippen molar-refractivity contribution >= 4 is 16.9 Å². The first kappa shape index (κ1) is 20.2. The lowest BCUT2D eigenvalue weighted by Gasteiger charge is -2.15. The van der Waals surface area contributed by atoms with Crippen LogP contribution in [0.2, 0.25) is 0 Å². The number of carbonyl (C=O) groups excluding carboxylic acids is 1. The molecule has 1 aliphatic heterocycles. The Morgan fingerprint density at radius 2 is 2.07 bits per heavy atom. The van der Waals surface area contributed by atoms with Crippen LogP contribution >= 0.6 is 0 Å². The van der Waals surface area contributed by atoms with Gasteiger partial charge in [0.2, 0.25) is 5.91 Å². The molecule has 0 aliphatic carbocycles. The number of amides is 1. The van der Waals surface area contributed by atoms with Crippen molar-refractivity contribution < 1.29 is 9.53 Å². The van der Waals surface area contributed by atoms with Crippen LogP contribution in [-0.4, -0.2) is 40.1 Å². The molecule has 0 saturated carbocycles. The number of aromatic nitrogens is 2. The molecule has 1 aromatic heterocycles. The highest BCUT2D eigenvalue weighted by atomic mass is 16.5. The van der Waals surface area contributed by atoms with E-state index in [1.165, 1.54) is 5.56 Å². The molecule has 0 N–H and O–H groups in total. The first-order chi connectivity index (χ1) is 14.7. The van der Waals surface area contributed by atoms with Crippen LogP contribution in [0.25, 0.3) is 11.0 Å². The molecule has 1 fully saturated rings. The maximum atomic E-state index is 12.4. The third-order valence-electron chi connectivity index (χ3n) is 5.65. The van der Waals surface area contributed by atoms with Gasteiger partial charge in [-0.2, -0.15) is 0 Å². The molecule has 4 rings (SSSR count). The number of hydrogen-bond acceptors (Lipinski definition) is 3. The van der Waals surface area contributed by atoms with Gasteiger partial charge in [-0.15, -0.1) is 6.58 Å². The summed E-state index contributed by atoms with van der Waals surface area (Å²) in [5, 5.41) is 0. The SMILES string of the molecule is C=CCN1C[C@H](c2nc3ccccc3n2CCCCOc2cccc(C)c2)CC1=O. The van der Waals surface area contributed by atoms with Gasteiger partial charge in [0.1, 0.15) is 11.6 Å². The van der Waals surface area contributed by atoms with Gasteiger partial charge in [-0.1, -0.05) is 30.3 Å². The van der Waals surface area contributed by atoms with Crippen molar-refractivity contribution in [2.75, 3.05) is 19.7 Å². The van der Waals surface area contributed by atoms with Gasteiger partial charge < -0.3 is 14.2 Å². The van der Waals surface area contributed by atoms with E-state index in [-0.39, 0.29) is 11.8 Å². The number of rotatable bonds is 9. The predicted molar refractivity (Wildman–Crippen MR) is 120 cm³/mol. The minimum atomic E-state index is 0.133. The average molecular weight is 404 g/mol. The summed E-state index contributed by atoms with van der Waals surface area (Å²) in [6.07, 6.45) is 4.27. The number of para-hydroxylation sites is 2. The molecule has 5 nitrogen and oxygen atoms in total. The molecule has 3 aromatic rings. The predicted octanol–water partition coefficient (Wildman–Crippen LogP) is 4.71. The van der Waals surface area contributed by atoms with Gasteiger partial charge in [-0.25, -0.2) is 4.98 Å². The second-order valence-electron chi connectivity index (χ2n) is 7.97. The number of nitrogens with zero attached hydrogens (tertiary/aromatic N) is 3. The quantitative estimate of drug-likeness (QED) is 0.384. The maximum absolute atomic E-state index is 12.4. The molecular formula is C25H29N3O2. The summed E-state index contributed by atoms with van der Waals surface area (Å²) < 4.78 is 8.20. The molecule has 2 heterocycles. The Bertz CT molecular complexity index is 1040. The van der Waals surface area contributed by atoms with Gasteiger partial charge in [0.15, 0.2) is 0 Å². The normalized spacial score (nSPS) is 16.4. The van der Waals surface area contributed by atoms with Crippen LogP contribution in [0.1, 0.15) is 36.6 Å². The van der Waals surface area contributed by atoms with Crippen molar-refractivity contribution in [3.8, 4) is 5.75 Å². The Balaban J connectivity index is 1.43. The van der Waals surface area contributed by atoms with E-state index in [1.54, 1.807) is 6.08 Å². The highest BCUT2D eigenvalue weighted by molar-refractivity contribution is 5.81. The van der Waals surface area contributed by atoms with Gasteiger partial charge in [0.25, 0.3) is 0 Å². The number of fused-ring (bicyclic) bond motifs is 1. The fourth-order valence-corrected chi connectivity index (χ4v) is 4.19. The number of benzene rings is 2. The average Bonchev–Trinajstić information content (AvgIpc) is 3.29. The zero-order valence-corrected chi connectivity index (χ0v) is 17.6. The lowest BCUT2D eigenvalue weighted by atomic mass is 10.1. The monoisotopic (exact) mass is 403 g/mol. The van der Waals surface area contributed by atoms with Gasteiger partial charge in [0, 0.05) is 32.0 Å². The summed E-state index contributed by atoms with van der Waals surface area (Å²) >= 11 is 0. The Kier molecular flexibility index (Phi) is 6.17. The van der Waals surface area contributed by atoms with E-state index in [0.717, 1.165) is 42.0 Å². The fourth-order valence-electron chi connectivity index (χ4n) is 4.19. The van der Waals surface area contributed by atoms with Crippen molar-refractivity contribution in [2.24, 2.45) is 0 Å². The van der Waals surface area contributed by atoms with Crippen LogP contribution in [0.15, 0.2) is 61.2 Å². The van der Waals surface area contributed by atoms with Crippen LogP contribution in [0.4, 0.5) is 0 Å². The molecule has 0 bridgehead atoms. The molecule has 2 aromatic carbocycles. The molecule has 1 atom stereocenters. The molecule has 1 saturated heterocycles. The molecule has 0 unspecified atom stereocenters. The summed E-state index contributed by atoms with van der Waals surface area (Å²) in [5.41, 5.74) is 3.35. The second kappa shape index (κ2) is 9.16. The highest BCUT2D eigenvalue weighted by Gasteiger charge is 2.33. The van der Waals surface area contributed by atoms with E-state index in [1.807, 2.05) is 23.1 Å². The van der Waals surface area contributed by atoms with E-state index in [0.29, 0.717) is 26.1 Å². The lowest BCUT2D eigenvalue weighted by molar-refractivity contribution is -0.127. The zero-order chi connectivity index (χ0) is 20.9. The maximum Gasteiger partial charge on any atom is 0.223 e. The largest absolute Gasteiger partial charge is 0.494 e. The Labute approximate surface area is 178 Å². The summed E-state index contributed by atoms with van der Waals surface area (Å²) in [7, 11) is 0. The zero-order valence-electron chi connectivity index (χ0n) is 17.6. The summed E-state index contributed by atoms with van der Waals surface area (Å²) in [6, 6.07) is 16.4. The molecule has 0 spiro atoms. The number of ether oxygens (including phenoxy) is 1. The van der Waals surface area contributed by atoms with Crippen LogP contribution in [0.3, 0.4) is 0 Å². The molecule has 156 valence electrons. The summed E-state index contributed by atoms with van der Waals surface area (Å²) in [6.45, 7) is 8.72. The topological polar surface area (TPSA) is 47.4 Å². The van der Waals surface area contributed by atoms with Crippen molar-refractivity contribution in [2.45, 2.75) is 38.6 Å². The van der Waals surface area contributed by atoms with Crippen molar-refractivity contribution in [1.29, 1.82) is 0 Å². The van der Waals surface area contributed by atoms with Gasteiger partial charge >= 0.3 is 0 Å². The summed E-state index contributed by atoms with van der Waals surface area (Å²) in [4.78, 5) is 19.1. The number of likely N-dealkylation sites (tertiary alicyclic amines) is 1. The van der Waals surface area contributed by atoms with Gasteiger partial charge in [-0.05, 0) is 49.6 Å². The fraction of sp³-hybridized carbons (Fsp3) is 0.360. The standard InChI is InChI=1S/C25H29N3O2/c1-3-13-27-18-20(17-24(27)29)25-26-22-11-4-5-12-23(22)28(25)14-6-7-15-30-21-10-8-9-19(2)16-21/h3-5,8-12,16,20H,1,6-7,13-15,17-18H2,2H3/t20-/m1/s1. The number of unbranched alkanes of at least 4 members (excludes halogenated alkanes) is 1. The number of hydrogen-bond donors (Lipinski definition) is 0. The number of aryl methyl sites for hydroxylation is 2. The Morgan fingerprint density at radius 3 is 2.90 bits per heavy atom. The second-order valence-corrected chi connectivity index (χ2v) is 7.97. The van der Waals surface area contributed by atoms with Crippen molar-refractivity contribution in [3.05, 3.63) is 72.6 Å². The molecule has 30 heavy (non-hydrogen) atoms. The van der Waals surface area contributed by atoms with Crippen LogP contribution in [0.5, 0.6) is 5.75 Å². The van der Waals surface area contributed by atoms with Crippen LogP contribution in [0, 0.1) is 6.92 Å². The van der Waals surface area contributed by atoms with Gasteiger partial charge in [0.05, 0.1) is 17.6 Å². The molecular weight excluding hydrogens is 374 g/mol. The van der Waals surface area contributed by atoms with E-state index in [9.17, 15) is 4.79 Å². The Hall–Kier alpha value is -3.08. The first-order valence-electron chi connectivity index (χ1n) is 10.7. The number of carbonyl (C=O) groups is 1. The lowest BCUT2D eigenvalue weighted by Crippen LogP contribution is -2.25. The minimum Gasteiger partial charge on any atom is -0.494 e. The molecule has 1 amide bonds. The summed E-state index contributed by atoms with van der Waals surface area (Å²) in [5.74, 6) is 2.27. The minimum absolute atomic E-state index is 0.133. The first-order valence-corrected chi connectivity index (χ1v) is 10.7. The highest BCUT2D eigenvalue weighted by Crippen LogP contribution is 2.30. The van der Waals surface area contributed by atoms with E-state index in [2.05, 4.69) is 48.4 Å². The van der Waals surface area contributed by atoms with Gasteiger partial charge in [-0.3, -0.25) is 4.79 Å². The van der Waals surface area contributed by atoms with Crippen molar-refractivity contribution in [1.82, 2.24) is 14.5 Å². The molecule has 1 aliphatic rings. The Morgan fingerprint density at radius 1 is 1.20 bits per heavy atom. The molecule has 0 radical (unpaired) electrons. The third kappa shape index (κ3) is 4.40. The van der Waals surface area contributed by atoms with E-state index >= 15 is 0 Å². The van der Waals surface area contributed by atoms with E-state index in [4.69, 9.17) is 9.72 Å². The third-order valence-corrected chi connectivity index (χ3v) is 5.65. The van der Waals surface area contributed by atoms with E-state index < -0.39 is 0 Å². The van der Waals surface area contributed by atoms with Crippen molar-refractivity contribution in [3.63, 3.8) is 0 Å². The van der Waals surface area contributed by atoms with Crippen LogP contribution < -0.4 is 4.74 Å². The van der Waals surface area contributed by atoms with Crippen LogP contribution in [-0.2, 0) is 11.3 Å². The number of imidazole rings is 1.